The molecule has 1 heterocycles. The van der Waals surface area contributed by atoms with Crippen molar-refractivity contribution in [3.05, 3.63) is 35.6 Å². The molecule has 84 valence electrons. The number of benzene rings is 1. The summed E-state index contributed by atoms with van der Waals surface area (Å²) >= 11 is 0. The molecule has 1 aromatic rings. The Morgan fingerprint density at radius 3 is 3.06 bits per heavy atom. The number of nitrogens with zero attached hydrogens (tertiary/aromatic N) is 2. The largest absolute Gasteiger partial charge is 0.361 e. The predicted octanol–water partition coefficient (Wildman–Crippen LogP) is 1.55. The summed E-state index contributed by atoms with van der Waals surface area (Å²) in [6, 6.07) is 8.80. The van der Waals surface area contributed by atoms with Gasteiger partial charge in [-0.1, -0.05) is 18.2 Å². The van der Waals surface area contributed by atoms with E-state index >= 15 is 0 Å². The van der Waals surface area contributed by atoms with Crippen molar-refractivity contribution in [2.24, 2.45) is 0 Å². The first kappa shape index (κ1) is 11.1. The number of nitriles is 1. The second-order valence-corrected chi connectivity index (χ2v) is 3.82. The minimum atomic E-state index is -0.388. The summed E-state index contributed by atoms with van der Waals surface area (Å²) in [5.41, 5.74) is 0.668. The standard InChI is InChI=1S/C12H13FN2O/c13-12-4-2-1-3-10(12)8-15-5-6-16-11(7-14)9-15/h1-4,11H,5-6,8-9H2. The Bertz CT molecular complexity index is 402. The van der Waals surface area contributed by atoms with E-state index < -0.39 is 0 Å². The van der Waals surface area contributed by atoms with Crippen molar-refractivity contribution in [3.63, 3.8) is 0 Å². The van der Waals surface area contributed by atoms with Gasteiger partial charge >= 0.3 is 0 Å². The number of hydrogen-bond acceptors (Lipinski definition) is 3. The average Bonchev–Trinajstić information content (AvgIpc) is 2.32. The van der Waals surface area contributed by atoms with Crippen LogP contribution < -0.4 is 0 Å². The zero-order valence-electron chi connectivity index (χ0n) is 8.90. The van der Waals surface area contributed by atoms with Gasteiger partial charge in [0.05, 0.1) is 12.7 Å². The van der Waals surface area contributed by atoms with Gasteiger partial charge in [-0.2, -0.15) is 5.26 Å². The highest BCUT2D eigenvalue weighted by atomic mass is 19.1. The molecule has 1 aromatic carbocycles. The fourth-order valence-electron chi connectivity index (χ4n) is 1.79. The van der Waals surface area contributed by atoms with Gasteiger partial charge in [0.1, 0.15) is 5.82 Å². The van der Waals surface area contributed by atoms with Gasteiger partial charge < -0.3 is 4.74 Å². The van der Waals surface area contributed by atoms with Crippen LogP contribution in [0.4, 0.5) is 4.39 Å². The molecule has 0 amide bonds. The Kier molecular flexibility index (Phi) is 3.50. The molecule has 1 saturated heterocycles. The van der Waals surface area contributed by atoms with Crippen LogP contribution in [0.2, 0.25) is 0 Å². The molecule has 1 aliphatic rings. The Morgan fingerprint density at radius 1 is 1.50 bits per heavy atom. The van der Waals surface area contributed by atoms with Crippen LogP contribution in [0.1, 0.15) is 5.56 Å². The smallest absolute Gasteiger partial charge is 0.156 e. The molecular weight excluding hydrogens is 207 g/mol. The summed E-state index contributed by atoms with van der Waals surface area (Å²) in [6.07, 6.45) is -0.388. The lowest BCUT2D eigenvalue weighted by Crippen LogP contribution is -2.41. The minimum Gasteiger partial charge on any atom is -0.361 e. The molecule has 1 fully saturated rings. The highest BCUT2D eigenvalue weighted by molar-refractivity contribution is 5.17. The third-order valence-electron chi connectivity index (χ3n) is 2.65. The number of ether oxygens (including phenoxy) is 1. The van der Waals surface area contributed by atoms with E-state index in [0.717, 1.165) is 6.54 Å². The van der Waals surface area contributed by atoms with E-state index in [1.54, 1.807) is 12.1 Å². The van der Waals surface area contributed by atoms with Gasteiger partial charge in [-0.15, -0.1) is 0 Å². The van der Waals surface area contributed by atoms with Crippen LogP contribution in [-0.2, 0) is 11.3 Å². The van der Waals surface area contributed by atoms with Crippen molar-refractivity contribution in [3.8, 4) is 6.07 Å². The van der Waals surface area contributed by atoms with Crippen molar-refractivity contribution < 1.29 is 9.13 Å². The molecule has 0 saturated carbocycles. The molecule has 1 unspecified atom stereocenters. The molecule has 0 bridgehead atoms. The highest BCUT2D eigenvalue weighted by Crippen LogP contribution is 2.12. The highest BCUT2D eigenvalue weighted by Gasteiger charge is 2.20. The zero-order chi connectivity index (χ0) is 11.4. The Hall–Kier alpha value is -1.44. The molecule has 1 atom stereocenters. The van der Waals surface area contributed by atoms with Gasteiger partial charge in [-0.05, 0) is 6.07 Å². The predicted molar refractivity (Wildman–Crippen MR) is 57.0 cm³/mol. The average molecular weight is 220 g/mol. The zero-order valence-corrected chi connectivity index (χ0v) is 8.90. The SMILES string of the molecule is N#CC1CN(Cc2ccccc2F)CCO1. The summed E-state index contributed by atoms with van der Waals surface area (Å²) in [6.45, 7) is 2.36. The molecule has 0 spiro atoms. The maximum atomic E-state index is 13.4. The Balaban J connectivity index is 2.00. The van der Waals surface area contributed by atoms with E-state index in [0.29, 0.717) is 25.3 Å². The van der Waals surface area contributed by atoms with Crippen LogP contribution >= 0.6 is 0 Å². The molecular formula is C12H13FN2O. The van der Waals surface area contributed by atoms with Crippen LogP contribution in [-0.4, -0.2) is 30.7 Å². The Morgan fingerprint density at radius 2 is 2.31 bits per heavy atom. The quantitative estimate of drug-likeness (QED) is 0.758. The van der Waals surface area contributed by atoms with E-state index in [1.165, 1.54) is 6.07 Å². The van der Waals surface area contributed by atoms with Gasteiger partial charge in [0.15, 0.2) is 6.10 Å². The van der Waals surface area contributed by atoms with Crippen molar-refractivity contribution in [2.45, 2.75) is 12.6 Å². The van der Waals surface area contributed by atoms with Gasteiger partial charge in [-0.25, -0.2) is 4.39 Å². The number of morpholine rings is 1. The molecule has 0 aliphatic carbocycles. The second-order valence-electron chi connectivity index (χ2n) is 3.82. The first-order valence-corrected chi connectivity index (χ1v) is 5.26. The van der Waals surface area contributed by atoms with Crippen molar-refractivity contribution in [2.75, 3.05) is 19.7 Å². The summed E-state index contributed by atoms with van der Waals surface area (Å²) in [5, 5.41) is 8.75. The van der Waals surface area contributed by atoms with Crippen molar-refractivity contribution in [1.82, 2.24) is 4.90 Å². The first-order chi connectivity index (χ1) is 7.79. The lowest BCUT2D eigenvalue weighted by atomic mass is 10.2. The molecule has 0 radical (unpaired) electrons. The lowest BCUT2D eigenvalue weighted by Gasteiger charge is -2.29. The van der Waals surface area contributed by atoms with Crippen LogP contribution in [0.25, 0.3) is 0 Å². The summed E-state index contributed by atoms with van der Waals surface area (Å²) in [5.74, 6) is -0.192. The first-order valence-electron chi connectivity index (χ1n) is 5.26. The summed E-state index contributed by atoms with van der Waals surface area (Å²) in [7, 11) is 0. The molecule has 1 aliphatic heterocycles. The molecule has 2 rings (SSSR count). The van der Waals surface area contributed by atoms with Crippen LogP contribution in [0.5, 0.6) is 0 Å². The molecule has 0 N–H and O–H groups in total. The van der Waals surface area contributed by atoms with Crippen LogP contribution in [0, 0.1) is 17.1 Å². The molecule has 4 heteroatoms. The minimum absolute atomic E-state index is 0.192. The number of rotatable bonds is 2. The van der Waals surface area contributed by atoms with E-state index in [9.17, 15) is 4.39 Å². The van der Waals surface area contributed by atoms with E-state index in [2.05, 4.69) is 6.07 Å². The van der Waals surface area contributed by atoms with Crippen molar-refractivity contribution in [1.29, 1.82) is 5.26 Å². The maximum Gasteiger partial charge on any atom is 0.156 e. The fourth-order valence-corrected chi connectivity index (χ4v) is 1.79. The third-order valence-corrected chi connectivity index (χ3v) is 2.65. The topological polar surface area (TPSA) is 36.3 Å². The third kappa shape index (κ3) is 2.57. The van der Waals surface area contributed by atoms with Crippen LogP contribution in [0.3, 0.4) is 0 Å². The van der Waals surface area contributed by atoms with Gasteiger partial charge in [0.2, 0.25) is 0 Å². The monoisotopic (exact) mass is 220 g/mol. The number of hydrogen-bond donors (Lipinski definition) is 0. The normalized spacial score (nSPS) is 21.6. The van der Waals surface area contributed by atoms with Gasteiger partial charge in [-0.3, -0.25) is 4.90 Å². The van der Waals surface area contributed by atoms with Gasteiger partial charge in [0.25, 0.3) is 0 Å². The molecule has 0 aromatic heterocycles. The Labute approximate surface area is 94.0 Å². The second kappa shape index (κ2) is 5.06. The molecule has 3 nitrogen and oxygen atoms in total. The van der Waals surface area contributed by atoms with Crippen molar-refractivity contribution >= 4 is 0 Å². The van der Waals surface area contributed by atoms with Crippen LogP contribution in [0.15, 0.2) is 24.3 Å². The molecule has 16 heavy (non-hydrogen) atoms. The van der Waals surface area contributed by atoms with Gasteiger partial charge in [0, 0.05) is 25.2 Å². The fraction of sp³-hybridized carbons (Fsp3) is 0.417. The number of halogens is 1. The van der Waals surface area contributed by atoms with E-state index in [-0.39, 0.29) is 11.9 Å². The summed E-state index contributed by atoms with van der Waals surface area (Å²) in [4.78, 5) is 2.04. The van der Waals surface area contributed by atoms with E-state index in [4.69, 9.17) is 10.00 Å². The maximum absolute atomic E-state index is 13.4. The summed E-state index contributed by atoms with van der Waals surface area (Å²) < 4.78 is 18.6. The van der Waals surface area contributed by atoms with E-state index in [1.807, 2.05) is 11.0 Å². The lowest BCUT2D eigenvalue weighted by molar-refractivity contribution is -0.00304.